The van der Waals surface area contributed by atoms with Crippen LogP contribution in [0.15, 0.2) is 30.0 Å². The van der Waals surface area contributed by atoms with E-state index in [1.54, 1.807) is 18.2 Å². The van der Waals surface area contributed by atoms with Crippen LogP contribution in [0.1, 0.15) is 12.0 Å². The highest BCUT2D eigenvalue weighted by Gasteiger charge is 2.23. The van der Waals surface area contributed by atoms with E-state index < -0.39 is 6.09 Å². The predicted molar refractivity (Wildman–Crippen MR) is 72.6 cm³/mol. The van der Waals surface area contributed by atoms with Crippen LogP contribution in [0.3, 0.4) is 0 Å². The molecule has 1 amide bonds. The number of halogens is 2. The van der Waals surface area contributed by atoms with Gasteiger partial charge in [0.15, 0.2) is 5.78 Å². The summed E-state index contributed by atoms with van der Waals surface area (Å²) in [5, 5.41) is 9.94. The van der Waals surface area contributed by atoms with Crippen LogP contribution in [0.4, 0.5) is 4.79 Å². The summed E-state index contributed by atoms with van der Waals surface area (Å²) in [4.78, 5) is 23.7. The summed E-state index contributed by atoms with van der Waals surface area (Å²) in [6, 6.07) is 5.08. The second-order valence-electron chi connectivity index (χ2n) is 4.21. The topological polar surface area (TPSA) is 57.6 Å². The van der Waals surface area contributed by atoms with Crippen molar-refractivity contribution in [1.82, 2.24) is 4.90 Å². The molecule has 1 aliphatic heterocycles. The first kappa shape index (κ1) is 13.9. The second kappa shape index (κ2) is 5.63. The molecule has 0 spiro atoms. The van der Waals surface area contributed by atoms with Crippen LogP contribution in [-0.4, -0.2) is 28.4 Å². The third-order valence-electron chi connectivity index (χ3n) is 2.86. The summed E-state index contributed by atoms with van der Waals surface area (Å²) in [5.74, 6) is -0.0624. The van der Waals surface area contributed by atoms with Gasteiger partial charge in [-0.2, -0.15) is 0 Å². The van der Waals surface area contributed by atoms with E-state index in [9.17, 15) is 9.59 Å². The number of carbonyl (C=O) groups excluding carboxylic acids is 1. The highest BCUT2D eigenvalue weighted by atomic mass is 35.5. The van der Waals surface area contributed by atoms with Crippen molar-refractivity contribution in [2.24, 2.45) is 0 Å². The maximum atomic E-state index is 11.4. The zero-order valence-corrected chi connectivity index (χ0v) is 11.4. The summed E-state index contributed by atoms with van der Waals surface area (Å²) >= 11 is 11.7. The molecule has 4 nitrogen and oxygen atoms in total. The molecule has 1 aromatic rings. The number of hydrogen-bond donors (Lipinski definition) is 1. The highest BCUT2D eigenvalue weighted by molar-refractivity contribution is 6.42. The summed E-state index contributed by atoms with van der Waals surface area (Å²) in [5.41, 5.74) is 1.27. The molecule has 0 fully saturated rings. The van der Waals surface area contributed by atoms with Crippen molar-refractivity contribution in [1.29, 1.82) is 0 Å². The van der Waals surface area contributed by atoms with Gasteiger partial charge in [0.2, 0.25) is 0 Å². The van der Waals surface area contributed by atoms with E-state index >= 15 is 0 Å². The van der Waals surface area contributed by atoms with E-state index in [4.69, 9.17) is 28.3 Å². The van der Waals surface area contributed by atoms with E-state index in [0.29, 0.717) is 22.2 Å². The minimum atomic E-state index is -1.06. The Labute approximate surface area is 120 Å². The fourth-order valence-corrected chi connectivity index (χ4v) is 2.25. The van der Waals surface area contributed by atoms with Gasteiger partial charge in [0.05, 0.1) is 10.0 Å². The van der Waals surface area contributed by atoms with Crippen molar-refractivity contribution in [2.75, 3.05) is 6.54 Å². The molecule has 1 heterocycles. The second-order valence-corrected chi connectivity index (χ2v) is 5.03. The number of allylic oxidation sites excluding steroid dienone is 2. The number of benzene rings is 1. The lowest BCUT2D eigenvalue weighted by atomic mass is 10.0. The minimum absolute atomic E-state index is 0.0624. The smallest absolute Gasteiger partial charge is 0.411 e. The van der Waals surface area contributed by atoms with Crippen LogP contribution in [-0.2, 0) is 11.2 Å². The predicted octanol–water partition coefficient (Wildman–Crippen LogP) is 3.37. The number of ketones is 1. The van der Waals surface area contributed by atoms with Crippen molar-refractivity contribution in [3.8, 4) is 0 Å². The highest BCUT2D eigenvalue weighted by Crippen LogP contribution is 2.25. The lowest BCUT2D eigenvalue weighted by Gasteiger charge is -2.25. The fourth-order valence-electron chi connectivity index (χ4n) is 1.93. The maximum absolute atomic E-state index is 11.4. The molecule has 1 N–H and O–H groups in total. The Morgan fingerprint density at radius 3 is 2.68 bits per heavy atom. The number of carbonyl (C=O) groups is 2. The van der Waals surface area contributed by atoms with Crippen molar-refractivity contribution >= 4 is 35.1 Å². The van der Waals surface area contributed by atoms with Gasteiger partial charge >= 0.3 is 6.09 Å². The molecular weight excluding hydrogens is 289 g/mol. The Balaban J connectivity index is 2.26. The summed E-state index contributed by atoms with van der Waals surface area (Å²) in [6.45, 7) is 0.196. The van der Waals surface area contributed by atoms with Crippen LogP contribution in [0.2, 0.25) is 10.0 Å². The molecule has 1 aliphatic rings. The van der Waals surface area contributed by atoms with E-state index in [1.807, 2.05) is 0 Å². The van der Waals surface area contributed by atoms with Gasteiger partial charge in [-0.1, -0.05) is 29.3 Å². The molecule has 0 radical (unpaired) electrons. The molecule has 0 bridgehead atoms. The van der Waals surface area contributed by atoms with Crippen LogP contribution >= 0.6 is 23.2 Å². The van der Waals surface area contributed by atoms with E-state index in [1.165, 1.54) is 11.0 Å². The molecule has 0 saturated carbocycles. The normalized spacial score (nSPS) is 15.4. The van der Waals surface area contributed by atoms with Gasteiger partial charge < -0.3 is 5.11 Å². The van der Waals surface area contributed by atoms with Gasteiger partial charge in [0.25, 0.3) is 0 Å². The van der Waals surface area contributed by atoms with Gasteiger partial charge in [0, 0.05) is 31.2 Å². The van der Waals surface area contributed by atoms with Gasteiger partial charge in [-0.15, -0.1) is 0 Å². The third-order valence-corrected chi connectivity index (χ3v) is 3.60. The average molecular weight is 300 g/mol. The summed E-state index contributed by atoms with van der Waals surface area (Å²) in [7, 11) is 0. The maximum Gasteiger partial charge on any atom is 0.411 e. The van der Waals surface area contributed by atoms with E-state index in [-0.39, 0.29) is 18.7 Å². The Morgan fingerprint density at radius 2 is 2.05 bits per heavy atom. The van der Waals surface area contributed by atoms with E-state index in [0.717, 1.165) is 5.56 Å². The van der Waals surface area contributed by atoms with Crippen LogP contribution in [0.5, 0.6) is 0 Å². The molecule has 0 saturated heterocycles. The molecular formula is C13H11Cl2NO3. The SMILES string of the molecule is O=C1C=C(Cc2ccc(Cl)c(Cl)c2)N(C(=O)O)CC1. The number of carboxylic acid groups (broad SMARTS) is 1. The van der Waals surface area contributed by atoms with Gasteiger partial charge in [-0.3, -0.25) is 9.69 Å². The van der Waals surface area contributed by atoms with Gasteiger partial charge in [-0.25, -0.2) is 4.79 Å². The largest absolute Gasteiger partial charge is 0.465 e. The minimum Gasteiger partial charge on any atom is -0.465 e. The Hall–Kier alpha value is -1.52. The number of rotatable bonds is 2. The monoisotopic (exact) mass is 299 g/mol. The first-order valence-corrected chi connectivity index (χ1v) is 6.41. The molecule has 0 unspecified atom stereocenters. The molecule has 1 aromatic carbocycles. The quantitative estimate of drug-likeness (QED) is 0.911. The lowest BCUT2D eigenvalue weighted by molar-refractivity contribution is -0.115. The molecule has 0 aromatic heterocycles. The third kappa shape index (κ3) is 3.28. The molecule has 0 aliphatic carbocycles. The molecule has 6 heteroatoms. The van der Waals surface area contributed by atoms with Crippen molar-refractivity contribution in [2.45, 2.75) is 12.8 Å². The Morgan fingerprint density at radius 1 is 1.32 bits per heavy atom. The molecule has 19 heavy (non-hydrogen) atoms. The summed E-state index contributed by atoms with van der Waals surface area (Å²) < 4.78 is 0. The van der Waals surface area contributed by atoms with E-state index in [2.05, 4.69) is 0 Å². The molecule has 100 valence electrons. The van der Waals surface area contributed by atoms with Crippen LogP contribution in [0.25, 0.3) is 0 Å². The zero-order chi connectivity index (χ0) is 14.0. The molecule has 2 rings (SSSR count). The zero-order valence-electron chi connectivity index (χ0n) is 9.90. The lowest BCUT2D eigenvalue weighted by Crippen LogP contribution is -2.35. The Bertz CT molecular complexity index is 569. The van der Waals surface area contributed by atoms with Crippen LogP contribution < -0.4 is 0 Å². The number of nitrogens with zero attached hydrogens (tertiary/aromatic N) is 1. The standard InChI is InChI=1S/C13H11Cl2NO3/c14-11-2-1-8(6-12(11)15)5-9-7-10(17)3-4-16(9)13(18)19/h1-2,6-7H,3-5H2,(H,18,19). The number of amides is 1. The summed E-state index contributed by atoms with van der Waals surface area (Å²) in [6.07, 6.45) is 0.866. The fraction of sp³-hybridized carbons (Fsp3) is 0.231. The van der Waals surface area contributed by atoms with Gasteiger partial charge in [0.1, 0.15) is 0 Å². The van der Waals surface area contributed by atoms with Crippen LogP contribution in [0, 0.1) is 0 Å². The average Bonchev–Trinajstić information content (AvgIpc) is 2.33. The first-order chi connectivity index (χ1) is 8.97. The van der Waals surface area contributed by atoms with Gasteiger partial charge in [-0.05, 0) is 17.7 Å². The Kier molecular flexibility index (Phi) is 4.12. The first-order valence-electron chi connectivity index (χ1n) is 5.65. The van der Waals surface area contributed by atoms with Crippen molar-refractivity contribution in [3.05, 3.63) is 45.6 Å². The molecule has 0 atom stereocenters. The van der Waals surface area contributed by atoms with Crippen molar-refractivity contribution in [3.63, 3.8) is 0 Å². The number of hydrogen-bond acceptors (Lipinski definition) is 2. The van der Waals surface area contributed by atoms with Crippen molar-refractivity contribution < 1.29 is 14.7 Å².